The molecule has 9 heteroatoms. The molecule has 0 aliphatic heterocycles. The summed E-state index contributed by atoms with van der Waals surface area (Å²) in [7, 11) is 0. The van der Waals surface area contributed by atoms with Gasteiger partial charge in [-0.15, -0.1) is 0 Å². The highest BCUT2D eigenvalue weighted by atomic mass is 16.6. The second kappa shape index (κ2) is 14.3. The molecule has 0 bridgehead atoms. The molecule has 0 fully saturated rings. The quantitative estimate of drug-likeness (QED) is 0.374. The molecule has 0 spiro atoms. The summed E-state index contributed by atoms with van der Waals surface area (Å²) in [5.74, 6) is -1.59. The van der Waals surface area contributed by atoms with Gasteiger partial charge in [0.2, 0.25) is 11.8 Å². The van der Waals surface area contributed by atoms with Crippen LogP contribution < -0.4 is 10.6 Å². The number of ether oxygens (including phenoxy) is 2. The van der Waals surface area contributed by atoms with Gasteiger partial charge in [0, 0.05) is 12.5 Å². The van der Waals surface area contributed by atoms with E-state index in [1.54, 1.807) is 55.4 Å². The van der Waals surface area contributed by atoms with Gasteiger partial charge < -0.3 is 25.0 Å². The Balaban J connectivity index is 2.50. The molecular formula is C33H47N3O6. The highest BCUT2D eigenvalue weighted by molar-refractivity contribution is 5.93. The molecule has 2 N–H and O–H groups in total. The molecule has 0 heterocycles. The Morgan fingerprint density at radius 2 is 1.45 bits per heavy atom. The number of carbonyl (C=O) groups excluding carboxylic acids is 4. The van der Waals surface area contributed by atoms with Crippen LogP contribution in [-0.4, -0.2) is 58.6 Å². The maximum Gasteiger partial charge on any atom is 0.408 e. The van der Waals surface area contributed by atoms with Gasteiger partial charge in [0.1, 0.15) is 29.8 Å². The minimum atomic E-state index is -1.08. The molecule has 3 amide bonds. The third-order valence-corrected chi connectivity index (χ3v) is 6.17. The van der Waals surface area contributed by atoms with Crippen molar-refractivity contribution in [3.05, 3.63) is 70.8 Å². The van der Waals surface area contributed by atoms with Gasteiger partial charge in [-0.3, -0.25) is 9.59 Å². The zero-order valence-corrected chi connectivity index (χ0v) is 26.7. The van der Waals surface area contributed by atoms with E-state index in [4.69, 9.17) is 9.47 Å². The predicted octanol–water partition coefficient (Wildman–Crippen LogP) is 5.18. The van der Waals surface area contributed by atoms with Crippen molar-refractivity contribution < 1.29 is 28.7 Å². The number of aryl methyl sites for hydroxylation is 2. The van der Waals surface area contributed by atoms with Crippen LogP contribution in [0.25, 0.3) is 0 Å². The van der Waals surface area contributed by atoms with E-state index >= 15 is 0 Å². The van der Waals surface area contributed by atoms with Gasteiger partial charge in [-0.25, -0.2) is 9.59 Å². The summed E-state index contributed by atoms with van der Waals surface area (Å²) in [4.78, 5) is 54.9. The fourth-order valence-corrected chi connectivity index (χ4v) is 4.42. The zero-order valence-electron chi connectivity index (χ0n) is 26.7. The van der Waals surface area contributed by atoms with Crippen LogP contribution in [-0.2, 0) is 30.3 Å². The first-order valence-electron chi connectivity index (χ1n) is 14.3. The van der Waals surface area contributed by atoms with Gasteiger partial charge in [0.25, 0.3) is 0 Å². The first-order chi connectivity index (χ1) is 19.4. The van der Waals surface area contributed by atoms with Gasteiger partial charge in [-0.1, -0.05) is 54.1 Å². The Morgan fingerprint density at radius 3 is 2.00 bits per heavy atom. The number of nitrogens with zero attached hydrogens (tertiary/aromatic N) is 1. The summed E-state index contributed by atoms with van der Waals surface area (Å²) in [6, 6.07) is 12.5. The van der Waals surface area contributed by atoms with E-state index < -0.39 is 53.2 Å². The molecule has 0 aromatic heterocycles. The van der Waals surface area contributed by atoms with Crippen LogP contribution in [0.15, 0.2) is 48.5 Å². The molecule has 9 nitrogen and oxygen atoms in total. The van der Waals surface area contributed by atoms with E-state index in [0.717, 1.165) is 16.7 Å². The first kappa shape index (κ1) is 34.3. The number of rotatable bonds is 10. The average molecular weight is 582 g/mol. The first-order valence-corrected chi connectivity index (χ1v) is 14.3. The van der Waals surface area contributed by atoms with Gasteiger partial charge in [-0.05, 0) is 85.9 Å². The molecule has 2 aromatic carbocycles. The lowest BCUT2D eigenvalue weighted by Gasteiger charge is -2.36. The number of hydrogen-bond acceptors (Lipinski definition) is 6. The summed E-state index contributed by atoms with van der Waals surface area (Å²) in [6.07, 6.45) is -0.531. The molecule has 2 aromatic rings. The Bertz CT molecular complexity index is 1240. The van der Waals surface area contributed by atoms with E-state index in [-0.39, 0.29) is 13.0 Å². The van der Waals surface area contributed by atoms with Crippen molar-refractivity contribution in [1.82, 2.24) is 15.5 Å². The van der Waals surface area contributed by atoms with Crippen LogP contribution >= 0.6 is 0 Å². The largest absolute Gasteiger partial charge is 0.458 e. The van der Waals surface area contributed by atoms with Crippen molar-refractivity contribution in [1.29, 1.82) is 0 Å². The van der Waals surface area contributed by atoms with Gasteiger partial charge in [0.05, 0.1) is 0 Å². The number of amides is 3. The predicted molar refractivity (Wildman–Crippen MR) is 163 cm³/mol. The maximum absolute atomic E-state index is 14.2. The standard InChI is InChI=1S/C33H47N3O6/c1-21(2)36(27(37)20-34-31(40)42-33(8,9)10)28(25-18-22(3)16-17-23(25)4)29(38)35-26(30(39)41-32(5,6)7)19-24-14-12-11-13-15-24/h11-18,21,26,28H,19-20H2,1-10H3,(H,34,40)(H,35,38). The molecule has 0 aliphatic carbocycles. The van der Waals surface area contributed by atoms with Crippen molar-refractivity contribution in [3.8, 4) is 0 Å². The van der Waals surface area contributed by atoms with Gasteiger partial charge in [0.15, 0.2) is 0 Å². The summed E-state index contributed by atoms with van der Waals surface area (Å²) in [6.45, 7) is 17.5. The number of benzene rings is 2. The minimum absolute atomic E-state index is 0.205. The van der Waals surface area contributed by atoms with Crippen LogP contribution in [0, 0.1) is 13.8 Å². The van der Waals surface area contributed by atoms with Crippen molar-refractivity contribution in [3.63, 3.8) is 0 Å². The summed E-state index contributed by atoms with van der Waals surface area (Å²) < 4.78 is 10.9. The molecule has 230 valence electrons. The molecule has 42 heavy (non-hydrogen) atoms. The zero-order chi connectivity index (χ0) is 31.8. The fourth-order valence-electron chi connectivity index (χ4n) is 4.42. The Hall–Kier alpha value is -3.88. The highest BCUT2D eigenvalue weighted by Gasteiger charge is 2.37. The normalized spacial score (nSPS) is 13.1. The maximum atomic E-state index is 14.2. The Kier molecular flexibility index (Phi) is 11.7. The number of nitrogens with one attached hydrogen (secondary N) is 2. The number of carbonyl (C=O) groups is 4. The molecule has 0 radical (unpaired) electrons. The summed E-state index contributed by atoms with van der Waals surface area (Å²) in [5.41, 5.74) is 1.67. The van der Waals surface area contributed by atoms with Crippen molar-refractivity contribution >= 4 is 23.9 Å². The second-order valence-corrected chi connectivity index (χ2v) is 12.8. The molecule has 0 aliphatic rings. The SMILES string of the molecule is Cc1ccc(C)c(C(C(=O)NC(Cc2ccccc2)C(=O)OC(C)(C)C)N(C(=O)CNC(=O)OC(C)(C)C)C(C)C)c1. The van der Waals surface area contributed by atoms with Crippen LogP contribution in [0.4, 0.5) is 4.79 Å². The van der Waals surface area contributed by atoms with Crippen molar-refractivity contribution in [2.45, 2.75) is 105 Å². The van der Waals surface area contributed by atoms with E-state index in [1.807, 2.05) is 62.4 Å². The lowest BCUT2D eigenvalue weighted by atomic mass is 9.95. The van der Waals surface area contributed by atoms with Crippen LogP contribution in [0.1, 0.15) is 83.7 Å². The van der Waals surface area contributed by atoms with E-state index in [1.165, 1.54) is 4.90 Å². The summed E-state index contributed by atoms with van der Waals surface area (Å²) in [5, 5.41) is 5.40. The molecular weight excluding hydrogens is 534 g/mol. The minimum Gasteiger partial charge on any atom is -0.458 e. The van der Waals surface area contributed by atoms with Crippen LogP contribution in [0.5, 0.6) is 0 Å². The lowest BCUT2D eigenvalue weighted by molar-refractivity contribution is -0.159. The molecule has 2 rings (SSSR count). The highest BCUT2D eigenvalue weighted by Crippen LogP contribution is 2.28. The molecule has 2 atom stereocenters. The number of hydrogen-bond donors (Lipinski definition) is 2. The monoisotopic (exact) mass is 581 g/mol. The third kappa shape index (κ3) is 10.8. The van der Waals surface area contributed by atoms with Crippen LogP contribution in [0.3, 0.4) is 0 Å². The Morgan fingerprint density at radius 1 is 0.857 bits per heavy atom. The molecule has 2 unspecified atom stereocenters. The Labute approximate surface area is 250 Å². The molecule has 0 saturated carbocycles. The van der Waals surface area contributed by atoms with E-state index in [0.29, 0.717) is 5.56 Å². The topological polar surface area (TPSA) is 114 Å². The van der Waals surface area contributed by atoms with Crippen molar-refractivity contribution in [2.24, 2.45) is 0 Å². The second-order valence-electron chi connectivity index (χ2n) is 12.8. The number of alkyl carbamates (subject to hydrolysis) is 1. The van der Waals surface area contributed by atoms with Gasteiger partial charge >= 0.3 is 12.1 Å². The fraction of sp³-hybridized carbons (Fsp3) is 0.515. The summed E-state index contributed by atoms with van der Waals surface area (Å²) >= 11 is 0. The third-order valence-electron chi connectivity index (χ3n) is 6.17. The van der Waals surface area contributed by atoms with Crippen molar-refractivity contribution in [2.75, 3.05) is 6.54 Å². The smallest absolute Gasteiger partial charge is 0.408 e. The van der Waals surface area contributed by atoms with Crippen LogP contribution in [0.2, 0.25) is 0 Å². The number of esters is 1. The lowest BCUT2D eigenvalue weighted by Crippen LogP contribution is -2.54. The van der Waals surface area contributed by atoms with E-state index in [9.17, 15) is 19.2 Å². The molecule has 0 saturated heterocycles. The van der Waals surface area contributed by atoms with E-state index in [2.05, 4.69) is 10.6 Å². The van der Waals surface area contributed by atoms with Gasteiger partial charge in [-0.2, -0.15) is 0 Å². The average Bonchev–Trinajstić information content (AvgIpc) is 2.85.